The molecule has 1 atom stereocenters. The monoisotopic (exact) mass is 318 g/mol. The van der Waals surface area contributed by atoms with Crippen molar-refractivity contribution < 1.29 is 13.6 Å². The highest BCUT2D eigenvalue weighted by Crippen LogP contribution is 2.31. The lowest BCUT2D eigenvalue weighted by Gasteiger charge is -2.21. The number of benzene rings is 1. The Morgan fingerprint density at radius 3 is 2.68 bits per heavy atom. The first-order chi connectivity index (χ1) is 10.4. The normalized spacial score (nSPS) is 16.5. The number of hydrogen-bond donors (Lipinski definition) is 2. The van der Waals surface area contributed by atoms with Crippen molar-refractivity contribution in [1.29, 1.82) is 0 Å². The highest BCUT2D eigenvalue weighted by atomic mass is 32.2. The van der Waals surface area contributed by atoms with Crippen molar-refractivity contribution in [2.45, 2.75) is 31.4 Å². The van der Waals surface area contributed by atoms with Crippen molar-refractivity contribution in [1.82, 2.24) is 4.98 Å². The Kier molecular flexibility index (Phi) is 3.74. The molecule has 2 N–H and O–H groups in total. The fourth-order valence-corrected chi connectivity index (χ4v) is 2.59. The average molecular weight is 318 g/mol. The Morgan fingerprint density at radius 1 is 1.32 bits per heavy atom. The van der Waals surface area contributed by atoms with Gasteiger partial charge in [-0.25, -0.2) is 9.19 Å². The minimum absolute atomic E-state index is 0.0280. The van der Waals surface area contributed by atoms with Gasteiger partial charge < -0.3 is 9.87 Å². The second-order valence-electron chi connectivity index (χ2n) is 6.15. The van der Waals surface area contributed by atoms with Gasteiger partial charge in [0.2, 0.25) is 5.91 Å². The molecule has 1 aromatic heterocycles. The molecule has 1 fully saturated rings. The van der Waals surface area contributed by atoms with Gasteiger partial charge in [-0.1, -0.05) is 12.1 Å². The van der Waals surface area contributed by atoms with E-state index < -0.39 is 15.8 Å². The lowest BCUT2D eigenvalue weighted by Crippen LogP contribution is -2.23. The fourth-order valence-electron chi connectivity index (χ4n) is 2.26. The lowest BCUT2D eigenvalue weighted by molar-refractivity contribution is -0.117. The van der Waals surface area contributed by atoms with E-state index in [1.54, 1.807) is 20.0 Å². The Morgan fingerprint density at radius 2 is 2.05 bits per heavy atom. The Labute approximate surface area is 131 Å². The van der Waals surface area contributed by atoms with Crippen LogP contribution in [0.2, 0.25) is 0 Å². The molecular formula is C16H18N2O3S. The maximum atomic E-state index is 11.8. The van der Waals surface area contributed by atoms with Gasteiger partial charge in [0, 0.05) is 17.5 Å². The van der Waals surface area contributed by atoms with Crippen molar-refractivity contribution in [3.63, 3.8) is 0 Å². The van der Waals surface area contributed by atoms with E-state index in [4.69, 9.17) is 0 Å². The number of rotatable bonds is 4. The van der Waals surface area contributed by atoms with Crippen LogP contribution < -0.4 is 5.32 Å². The summed E-state index contributed by atoms with van der Waals surface area (Å²) in [5, 5.41) is 4.63. The second kappa shape index (κ2) is 5.44. The molecular weight excluding hydrogens is 300 g/mol. The number of pyridine rings is 1. The molecule has 1 amide bonds. The topological polar surface area (TPSA) is 79.3 Å². The van der Waals surface area contributed by atoms with Gasteiger partial charge in [0.1, 0.15) is 5.82 Å². The number of aromatic nitrogens is 1. The third-order valence-corrected chi connectivity index (χ3v) is 5.16. The number of hydrogen-bond acceptors (Lipinski definition) is 3. The zero-order chi connectivity index (χ0) is 15.9. The van der Waals surface area contributed by atoms with Crippen LogP contribution in [0, 0.1) is 5.92 Å². The molecule has 3 rings (SSSR count). The van der Waals surface area contributed by atoms with Crippen molar-refractivity contribution in [2.75, 3.05) is 5.32 Å². The van der Waals surface area contributed by atoms with Crippen LogP contribution in [0.5, 0.6) is 0 Å². The molecule has 0 saturated heterocycles. The third kappa shape index (κ3) is 2.89. The van der Waals surface area contributed by atoms with E-state index in [0.29, 0.717) is 5.82 Å². The summed E-state index contributed by atoms with van der Waals surface area (Å²) < 4.78 is 20.0. The van der Waals surface area contributed by atoms with Crippen LogP contribution in [-0.2, 0) is 20.6 Å². The zero-order valence-electron chi connectivity index (χ0n) is 12.5. The van der Waals surface area contributed by atoms with Crippen LogP contribution >= 0.6 is 0 Å². The van der Waals surface area contributed by atoms with E-state index in [-0.39, 0.29) is 11.8 Å². The summed E-state index contributed by atoms with van der Waals surface area (Å²) in [5.74, 6) is 0.711. The number of fused-ring (bicyclic) bond motifs is 1. The quantitative estimate of drug-likeness (QED) is 0.849. The smallest absolute Gasteiger partial charge is 0.228 e. The summed E-state index contributed by atoms with van der Waals surface area (Å²) in [7, 11) is 0. The standard InChI is InChI=1S/C16H18N2O3S/c1-16(2,22(20)21)13-6-5-11-8-14(17-9-12(11)7-13)18-15(19)10-3-4-10/h5-10H,3-4H2,1-2H3,(H,20,21)(H,17,18,19). The number of nitrogens with zero attached hydrogens (tertiary/aromatic N) is 1. The molecule has 0 aliphatic heterocycles. The van der Waals surface area contributed by atoms with Crippen LogP contribution in [-0.4, -0.2) is 19.7 Å². The van der Waals surface area contributed by atoms with E-state index in [2.05, 4.69) is 10.3 Å². The largest absolute Gasteiger partial charge is 0.310 e. The molecule has 1 unspecified atom stereocenters. The summed E-state index contributed by atoms with van der Waals surface area (Å²) >= 11 is -1.96. The minimum atomic E-state index is -1.96. The van der Waals surface area contributed by atoms with Gasteiger partial charge >= 0.3 is 0 Å². The zero-order valence-corrected chi connectivity index (χ0v) is 13.3. The molecule has 1 aliphatic rings. The first kappa shape index (κ1) is 15.1. The molecule has 2 aromatic rings. The van der Waals surface area contributed by atoms with Crippen molar-refractivity contribution >= 4 is 33.6 Å². The number of anilines is 1. The fraction of sp³-hybridized carbons (Fsp3) is 0.375. The predicted octanol–water partition coefficient (Wildman–Crippen LogP) is 3.04. The van der Waals surface area contributed by atoms with Crippen LogP contribution in [0.1, 0.15) is 32.3 Å². The molecule has 116 valence electrons. The molecule has 1 aliphatic carbocycles. The van der Waals surface area contributed by atoms with Crippen molar-refractivity contribution in [3.05, 3.63) is 36.0 Å². The van der Waals surface area contributed by atoms with Crippen molar-refractivity contribution in [2.24, 2.45) is 5.92 Å². The predicted molar refractivity (Wildman–Crippen MR) is 86.9 cm³/mol. The maximum absolute atomic E-state index is 11.8. The average Bonchev–Trinajstić information content (AvgIpc) is 3.31. The number of carbonyl (C=O) groups is 1. The summed E-state index contributed by atoms with van der Waals surface area (Å²) in [6, 6.07) is 7.40. The van der Waals surface area contributed by atoms with Gasteiger partial charge in [0.05, 0.1) is 4.75 Å². The van der Waals surface area contributed by atoms with Crippen LogP contribution in [0.15, 0.2) is 30.5 Å². The third-order valence-electron chi connectivity index (χ3n) is 4.05. The number of nitrogens with one attached hydrogen (secondary N) is 1. The summed E-state index contributed by atoms with van der Waals surface area (Å²) in [6.07, 6.45) is 3.59. The van der Waals surface area contributed by atoms with Gasteiger partial charge in [-0.15, -0.1) is 0 Å². The summed E-state index contributed by atoms with van der Waals surface area (Å²) in [5.41, 5.74) is 0.775. The summed E-state index contributed by atoms with van der Waals surface area (Å²) in [4.78, 5) is 16.0. The van der Waals surface area contributed by atoms with Crippen molar-refractivity contribution in [3.8, 4) is 0 Å². The maximum Gasteiger partial charge on any atom is 0.228 e. The highest BCUT2D eigenvalue weighted by Gasteiger charge is 2.30. The number of carbonyl (C=O) groups excluding carboxylic acids is 1. The first-order valence-corrected chi connectivity index (χ1v) is 8.31. The van der Waals surface area contributed by atoms with Gasteiger partial charge in [0.15, 0.2) is 11.1 Å². The van der Waals surface area contributed by atoms with Gasteiger partial charge in [0.25, 0.3) is 0 Å². The van der Waals surface area contributed by atoms with Gasteiger partial charge in [-0.05, 0) is 49.8 Å². The lowest BCUT2D eigenvalue weighted by atomic mass is 9.99. The number of amides is 1. The Bertz CT molecular complexity index is 769. The van der Waals surface area contributed by atoms with E-state index >= 15 is 0 Å². The van der Waals surface area contributed by atoms with E-state index in [9.17, 15) is 13.6 Å². The Hall–Kier alpha value is -1.79. The molecule has 0 bridgehead atoms. The van der Waals surface area contributed by atoms with Crippen LogP contribution in [0.3, 0.4) is 0 Å². The first-order valence-electron chi connectivity index (χ1n) is 7.20. The van der Waals surface area contributed by atoms with E-state index in [1.807, 2.05) is 24.3 Å². The summed E-state index contributed by atoms with van der Waals surface area (Å²) in [6.45, 7) is 3.45. The van der Waals surface area contributed by atoms with Gasteiger partial charge in [-0.3, -0.25) is 4.79 Å². The molecule has 1 saturated carbocycles. The van der Waals surface area contributed by atoms with E-state index in [1.165, 1.54) is 0 Å². The molecule has 5 nitrogen and oxygen atoms in total. The molecule has 1 heterocycles. The molecule has 22 heavy (non-hydrogen) atoms. The molecule has 0 spiro atoms. The van der Waals surface area contributed by atoms with Crippen LogP contribution in [0.4, 0.5) is 5.82 Å². The van der Waals surface area contributed by atoms with Crippen LogP contribution in [0.25, 0.3) is 10.8 Å². The second-order valence-corrected chi connectivity index (χ2v) is 7.67. The van der Waals surface area contributed by atoms with Gasteiger partial charge in [-0.2, -0.15) is 0 Å². The molecule has 0 radical (unpaired) electrons. The Balaban J connectivity index is 1.91. The SMILES string of the molecule is CC(C)(c1ccc2cc(NC(=O)C3CC3)ncc2c1)S(=O)O. The van der Waals surface area contributed by atoms with E-state index in [0.717, 1.165) is 29.2 Å². The minimum Gasteiger partial charge on any atom is -0.310 e. The molecule has 1 aromatic carbocycles. The molecule has 6 heteroatoms. The highest BCUT2D eigenvalue weighted by molar-refractivity contribution is 7.80.